The summed E-state index contributed by atoms with van der Waals surface area (Å²) >= 11 is 17.9. The van der Waals surface area contributed by atoms with E-state index in [1.165, 1.54) is 26.8 Å². The average Bonchev–Trinajstić information content (AvgIpc) is 3.92. The standard InChI is InChI=1S/C15H19ClN2O3S.C11H11Cl2NO3S.C10H13ClN2O3S/c1-15(2,3)14-17-11-7-6-10(16)13(12(11)21-14)22(19,20)18-8-4-5-9-18;1-11(2,3)10-14-7-5-4-6(12)9(8(7)17-10)18(13,15)16;11-7-3-4-8(12)9(14)10(7)17(15,16)13-5-1-2-6-13/h6-7H,4-5,8-9H2,1-3H3;4-5H,1-3H3;3-4,14H,1-2,5-6,12H2. The smallest absolute Gasteiger partial charge is 0.266 e. The van der Waals surface area contributed by atoms with Crippen molar-refractivity contribution in [3.05, 3.63) is 63.2 Å². The lowest BCUT2D eigenvalue weighted by molar-refractivity contribution is 0.407. The van der Waals surface area contributed by atoms with Gasteiger partial charge in [0, 0.05) is 47.7 Å². The summed E-state index contributed by atoms with van der Waals surface area (Å²) in [5.74, 6) is 0.466. The second-order valence-electron chi connectivity index (χ2n) is 15.5. The van der Waals surface area contributed by atoms with E-state index in [0.29, 0.717) is 49.0 Å². The predicted octanol–water partition coefficient (Wildman–Crippen LogP) is 8.68. The summed E-state index contributed by atoms with van der Waals surface area (Å²) in [5, 5.41) is 9.95. The largest absolute Gasteiger partial charge is 0.504 e. The van der Waals surface area contributed by atoms with Crippen LogP contribution >= 0.6 is 45.5 Å². The van der Waals surface area contributed by atoms with Crippen LogP contribution in [-0.4, -0.2) is 75.1 Å². The van der Waals surface area contributed by atoms with E-state index in [1.54, 1.807) is 18.2 Å². The highest BCUT2D eigenvalue weighted by atomic mass is 35.7. The summed E-state index contributed by atoms with van der Waals surface area (Å²) in [6.45, 7) is 13.6. The normalized spacial score (nSPS) is 16.1. The van der Waals surface area contributed by atoms with Crippen LogP contribution in [0, 0.1) is 0 Å². The molecule has 2 aliphatic rings. The van der Waals surface area contributed by atoms with Crippen LogP contribution < -0.4 is 5.73 Å². The summed E-state index contributed by atoms with van der Waals surface area (Å²) in [7, 11) is -6.03. The molecule has 4 heterocycles. The lowest BCUT2D eigenvalue weighted by atomic mass is 9.97. The molecular weight excluding hydrogens is 884 g/mol. The maximum atomic E-state index is 12.9. The van der Waals surface area contributed by atoms with Crippen molar-refractivity contribution in [2.75, 3.05) is 31.9 Å². The number of nitrogens with zero attached hydrogens (tertiary/aromatic N) is 4. The molecule has 2 aliphatic heterocycles. The van der Waals surface area contributed by atoms with Crippen molar-refractivity contribution in [2.45, 2.75) is 92.7 Å². The molecule has 3 N–H and O–H groups in total. The molecule has 0 amide bonds. The Morgan fingerprint density at radius 2 is 0.965 bits per heavy atom. The van der Waals surface area contributed by atoms with Gasteiger partial charge in [-0.2, -0.15) is 8.61 Å². The summed E-state index contributed by atoms with van der Waals surface area (Å²) in [6, 6.07) is 9.05. The molecule has 3 aromatic carbocycles. The molecule has 14 nitrogen and oxygen atoms in total. The van der Waals surface area contributed by atoms with Crippen LogP contribution in [0.15, 0.2) is 59.9 Å². The number of phenolic OH excluding ortho intramolecular Hbond substituents is 1. The molecule has 21 heteroatoms. The van der Waals surface area contributed by atoms with Gasteiger partial charge in [-0.05, 0) is 62.1 Å². The van der Waals surface area contributed by atoms with Gasteiger partial charge in [-0.25, -0.2) is 35.2 Å². The predicted molar refractivity (Wildman–Crippen MR) is 222 cm³/mol. The van der Waals surface area contributed by atoms with Crippen molar-refractivity contribution in [1.29, 1.82) is 0 Å². The van der Waals surface area contributed by atoms with Gasteiger partial charge in [-0.1, -0.05) is 76.3 Å². The molecule has 0 unspecified atom stereocenters. The van der Waals surface area contributed by atoms with E-state index in [1.807, 2.05) is 41.5 Å². The molecule has 0 radical (unpaired) electrons. The van der Waals surface area contributed by atoms with Crippen LogP contribution in [0.5, 0.6) is 5.75 Å². The van der Waals surface area contributed by atoms with E-state index in [2.05, 4.69) is 9.97 Å². The first-order chi connectivity index (χ1) is 26.3. The highest BCUT2D eigenvalue weighted by Gasteiger charge is 2.35. The van der Waals surface area contributed by atoms with Gasteiger partial charge in [0.15, 0.2) is 16.9 Å². The number of phenols is 1. The maximum Gasteiger partial charge on any atom is 0.266 e. The number of benzene rings is 3. The quantitative estimate of drug-likeness (QED) is 0.0965. The Labute approximate surface area is 351 Å². The molecule has 0 atom stereocenters. The molecule has 5 aromatic rings. The van der Waals surface area contributed by atoms with Crippen molar-refractivity contribution < 1.29 is 39.2 Å². The summed E-state index contributed by atoms with van der Waals surface area (Å²) in [6.07, 6.45) is 3.38. The maximum absolute atomic E-state index is 12.9. The number of sulfonamides is 2. The second kappa shape index (κ2) is 16.6. The summed E-state index contributed by atoms with van der Waals surface area (Å²) in [4.78, 5) is 8.19. The zero-order valence-electron chi connectivity index (χ0n) is 31.9. The molecule has 0 aliphatic carbocycles. The second-order valence-corrected chi connectivity index (χ2v) is 22.9. The number of hydrogen-bond donors (Lipinski definition) is 2. The number of halogens is 4. The van der Waals surface area contributed by atoms with Gasteiger partial charge >= 0.3 is 0 Å². The molecule has 2 aromatic heterocycles. The number of aromatic hydroxyl groups is 1. The third-order valence-corrected chi connectivity index (χ3v) is 15.5. The number of aromatic nitrogens is 2. The lowest BCUT2D eigenvalue weighted by Crippen LogP contribution is -2.28. The molecule has 0 saturated carbocycles. The van der Waals surface area contributed by atoms with Gasteiger partial charge in [0.05, 0.1) is 20.8 Å². The van der Waals surface area contributed by atoms with Crippen LogP contribution in [0.2, 0.25) is 15.1 Å². The van der Waals surface area contributed by atoms with Crippen molar-refractivity contribution in [3.63, 3.8) is 0 Å². The van der Waals surface area contributed by atoms with Crippen LogP contribution in [-0.2, 0) is 39.9 Å². The Hall–Kier alpha value is -2.87. The van der Waals surface area contributed by atoms with Gasteiger partial charge < -0.3 is 19.7 Å². The van der Waals surface area contributed by atoms with Gasteiger partial charge in [-0.15, -0.1) is 0 Å². The number of nitrogen functional groups attached to an aromatic ring is 1. The van der Waals surface area contributed by atoms with E-state index in [0.717, 1.165) is 25.7 Å². The SMILES string of the molecule is CC(C)(C)c1nc2ccc(Cl)c(S(=O)(=O)Cl)c2o1.CC(C)(C)c1nc2ccc(Cl)c(S(=O)(=O)N3CCCC3)c2o1.Nc1ccc(Cl)c(S(=O)(=O)N2CCCC2)c1O. The van der Waals surface area contributed by atoms with Crippen LogP contribution in [0.1, 0.15) is 79.0 Å². The third kappa shape index (κ3) is 9.62. The highest BCUT2D eigenvalue weighted by molar-refractivity contribution is 8.14. The van der Waals surface area contributed by atoms with E-state index < -0.39 is 34.8 Å². The Morgan fingerprint density at radius 1 is 0.614 bits per heavy atom. The number of hydrogen-bond acceptors (Lipinski definition) is 12. The van der Waals surface area contributed by atoms with Gasteiger partial charge in [0.2, 0.25) is 31.8 Å². The number of oxazole rings is 2. The molecule has 57 heavy (non-hydrogen) atoms. The minimum Gasteiger partial charge on any atom is -0.504 e. The number of nitrogens with two attached hydrogens (primary N) is 1. The average molecular weight is 928 g/mol. The first-order valence-corrected chi connectivity index (χ1v) is 24.0. The summed E-state index contributed by atoms with van der Waals surface area (Å²) in [5.41, 5.74) is 6.15. The number of fused-ring (bicyclic) bond motifs is 2. The molecular formula is C36H43Cl4N5O9S3. The fraction of sp³-hybridized carbons (Fsp3) is 0.444. The first kappa shape index (κ1) is 45.2. The van der Waals surface area contributed by atoms with Crippen molar-refractivity contribution >= 4 is 102 Å². The minimum atomic E-state index is -3.99. The molecule has 2 fully saturated rings. The molecule has 0 spiro atoms. The Kier molecular flexibility index (Phi) is 13.2. The Balaban J connectivity index is 0.000000165. The lowest BCUT2D eigenvalue weighted by Gasteiger charge is -2.17. The zero-order valence-corrected chi connectivity index (χ0v) is 37.4. The topological polar surface area (TPSA) is 207 Å². The van der Waals surface area contributed by atoms with Crippen LogP contribution in [0.25, 0.3) is 22.2 Å². The van der Waals surface area contributed by atoms with E-state index >= 15 is 0 Å². The number of anilines is 1. The zero-order chi connectivity index (χ0) is 42.5. The Bertz CT molecular complexity index is 2640. The minimum absolute atomic E-state index is 0.00664. The highest BCUT2D eigenvalue weighted by Crippen LogP contribution is 2.39. The van der Waals surface area contributed by atoms with Crippen molar-refractivity contribution in [1.82, 2.24) is 18.6 Å². The van der Waals surface area contributed by atoms with E-state index in [9.17, 15) is 30.4 Å². The van der Waals surface area contributed by atoms with Crippen LogP contribution in [0.3, 0.4) is 0 Å². The van der Waals surface area contributed by atoms with Gasteiger partial charge in [-0.3, -0.25) is 0 Å². The summed E-state index contributed by atoms with van der Waals surface area (Å²) < 4.78 is 87.4. The van der Waals surface area contributed by atoms with Gasteiger partial charge in [0.1, 0.15) is 25.7 Å². The fourth-order valence-electron chi connectivity index (χ4n) is 5.92. The molecule has 7 rings (SSSR count). The van der Waals surface area contributed by atoms with Crippen molar-refractivity contribution in [2.24, 2.45) is 0 Å². The fourth-order valence-corrected chi connectivity index (χ4v) is 11.9. The molecule has 2 saturated heterocycles. The number of rotatable bonds is 5. The van der Waals surface area contributed by atoms with Crippen molar-refractivity contribution in [3.8, 4) is 5.75 Å². The third-order valence-electron chi connectivity index (χ3n) is 8.90. The monoisotopic (exact) mass is 925 g/mol. The molecule has 0 bridgehead atoms. The molecule has 312 valence electrons. The van der Waals surface area contributed by atoms with E-state index in [-0.39, 0.29) is 57.4 Å². The van der Waals surface area contributed by atoms with Gasteiger partial charge in [0.25, 0.3) is 9.05 Å². The first-order valence-electron chi connectivity index (χ1n) is 17.7. The van der Waals surface area contributed by atoms with Crippen LogP contribution in [0.4, 0.5) is 5.69 Å². The van der Waals surface area contributed by atoms with E-state index in [4.69, 9.17) is 60.1 Å². The Morgan fingerprint density at radius 3 is 1.37 bits per heavy atom.